The Kier molecular flexibility index (Phi) is 5.17. The Balaban J connectivity index is 1.43. The van der Waals surface area contributed by atoms with Crippen molar-refractivity contribution in [1.82, 2.24) is 20.1 Å². The maximum Gasteiger partial charge on any atom is 0.251 e. The van der Waals surface area contributed by atoms with Gasteiger partial charge in [-0.15, -0.1) is 0 Å². The van der Waals surface area contributed by atoms with Crippen molar-refractivity contribution in [3.63, 3.8) is 0 Å². The molecule has 2 aromatic carbocycles. The van der Waals surface area contributed by atoms with E-state index in [1.165, 1.54) is 24.5 Å². The Bertz CT molecular complexity index is 1560. The molecule has 9 heteroatoms. The van der Waals surface area contributed by atoms with E-state index in [0.29, 0.717) is 29.2 Å². The zero-order valence-corrected chi connectivity index (χ0v) is 19.6. The lowest BCUT2D eigenvalue weighted by Gasteiger charge is -2.11. The molecule has 0 radical (unpaired) electrons. The third-order valence-corrected chi connectivity index (χ3v) is 8.42. The fourth-order valence-corrected chi connectivity index (χ4v) is 6.34. The summed E-state index contributed by atoms with van der Waals surface area (Å²) in [5, 5.41) is 8.50. The summed E-state index contributed by atoms with van der Waals surface area (Å²) in [5.41, 5.74) is 4.05. The molecule has 1 saturated carbocycles. The number of hydrogen-bond donors (Lipinski definition) is 1. The number of amides is 1. The van der Waals surface area contributed by atoms with Gasteiger partial charge in [0.05, 0.1) is 23.2 Å². The number of rotatable bonds is 5. The van der Waals surface area contributed by atoms with Gasteiger partial charge in [-0.3, -0.25) is 4.79 Å². The zero-order valence-electron chi connectivity index (χ0n) is 18.8. The van der Waals surface area contributed by atoms with E-state index in [2.05, 4.69) is 22.4 Å². The van der Waals surface area contributed by atoms with Crippen LogP contribution >= 0.6 is 0 Å². The van der Waals surface area contributed by atoms with Gasteiger partial charge in [0.25, 0.3) is 5.91 Å². The number of halogens is 1. The van der Waals surface area contributed by atoms with E-state index in [9.17, 15) is 17.6 Å². The highest BCUT2D eigenvalue weighted by molar-refractivity contribution is 7.91. The summed E-state index contributed by atoms with van der Waals surface area (Å²) >= 11 is 0. The molecule has 0 unspecified atom stereocenters. The number of benzene rings is 2. The smallest absolute Gasteiger partial charge is 0.251 e. The van der Waals surface area contributed by atoms with Gasteiger partial charge in [-0.2, -0.15) is 5.10 Å². The summed E-state index contributed by atoms with van der Waals surface area (Å²) in [6.45, 7) is 0. The van der Waals surface area contributed by atoms with Crippen LogP contribution < -0.4 is 5.32 Å². The van der Waals surface area contributed by atoms with Crippen LogP contribution in [0.5, 0.6) is 0 Å². The molecule has 178 valence electrons. The number of carbonyl (C=O) groups excluding carboxylic acids is 1. The molecule has 2 fully saturated rings. The quantitative estimate of drug-likeness (QED) is 0.456. The summed E-state index contributed by atoms with van der Waals surface area (Å²) in [6, 6.07) is 16.1. The Labute approximate surface area is 201 Å². The number of sulfone groups is 1. The highest BCUT2D eigenvalue weighted by Crippen LogP contribution is 2.41. The first-order valence-corrected chi connectivity index (χ1v) is 13.4. The molecular formula is C26H23FN4O3S. The summed E-state index contributed by atoms with van der Waals surface area (Å²) in [6.07, 6.45) is 3.93. The second kappa shape index (κ2) is 8.27. The Hall–Kier alpha value is -3.59. The van der Waals surface area contributed by atoms with Crippen LogP contribution in [0.4, 0.5) is 4.39 Å². The summed E-state index contributed by atoms with van der Waals surface area (Å²) in [7, 11) is -3.10. The van der Waals surface area contributed by atoms with E-state index >= 15 is 0 Å². The molecule has 3 heterocycles. The monoisotopic (exact) mass is 490 g/mol. The predicted octanol–water partition coefficient (Wildman–Crippen LogP) is 4.02. The van der Waals surface area contributed by atoms with E-state index in [4.69, 9.17) is 5.10 Å². The first-order chi connectivity index (χ1) is 16.9. The fraction of sp³-hybridized carbons (Fsp3) is 0.269. The van der Waals surface area contributed by atoms with Crippen LogP contribution in [-0.4, -0.2) is 46.6 Å². The molecule has 2 aromatic heterocycles. The van der Waals surface area contributed by atoms with Gasteiger partial charge in [-0.1, -0.05) is 18.2 Å². The standard InChI is InChI=1S/C26H23FN4O3S/c27-20-7-9-24(28-14-20)31-23-13-19(26(32)29-21-10-11-35(33,34)15-21)6-8-22(23)25(30-31)18-3-1-2-17(12-18)16-4-5-16/h1-3,6-9,12-14,16,21H,4-5,10-11,15H2,(H,29,32)/t21-/m1/s1. The van der Waals surface area contributed by atoms with Crippen LogP contribution in [0.2, 0.25) is 0 Å². The van der Waals surface area contributed by atoms with Crippen LogP contribution in [0.15, 0.2) is 60.8 Å². The molecule has 0 bridgehead atoms. The molecule has 2 aliphatic rings. The summed E-state index contributed by atoms with van der Waals surface area (Å²) < 4.78 is 38.7. The zero-order chi connectivity index (χ0) is 24.2. The Morgan fingerprint density at radius 2 is 1.91 bits per heavy atom. The maximum atomic E-state index is 13.5. The van der Waals surface area contributed by atoms with Crippen LogP contribution in [0.25, 0.3) is 28.0 Å². The van der Waals surface area contributed by atoms with Gasteiger partial charge in [0.15, 0.2) is 15.7 Å². The number of nitrogens with one attached hydrogen (secondary N) is 1. The second-order valence-corrected chi connectivity index (χ2v) is 11.5. The number of pyridine rings is 1. The number of nitrogens with zero attached hydrogens (tertiary/aromatic N) is 3. The van der Waals surface area contributed by atoms with Crippen molar-refractivity contribution in [3.8, 4) is 17.1 Å². The van der Waals surface area contributed by atoms with E-state index in [-0.39, 0.29) is 17.4 Å². The molecule has 1 amide bonds. The predicted molar refractivity (Wildman–Crippen MR) is 131 cm³/mol. The molecule has 0 spiro atoms. The number of carbonyl (C=O) groups is 1. The second-order valence-electron chi connectivity index (χ2n) is 9.30. The maximum absolute atomic E-state index is 13.5. The third kappa shape index (κ3) is 4.32. The molecule has 1 saturated heterocycles. The molecule has 4 aromatic rings. The van der Waals surface area contributed by atoms with Gasteiger partial charge in [-0.05, 0) is 67.1 Å². The number of hydrogen-bond acceptors (Lipinski definition) is 5. The fourth-order valence-electron chi connectivity index (χ4n) is 4.67. The number of fused-ring (bicyclic) bond motifs is 1. The van der Waals surface area contributed by atoms with E-state index in [1.54, 1.807) is 22.9 Å². The SMILES string of the molecule is O=C(N[C@@H]1CCS(=O)(=O)C1)c1ccc2c(-c3cccc(C4CC4)c3)nn(-c3ccc(F)cn3)c2c1. The lowest BCUT2D eigenvalue weighted by Crippen LogP contribution is -2.35. The topological polar surface area (TPSA) is 94.0 Å². The average Bonchev–Trinajstić information content (AvgIpc) is 3.55. The van der Waals surface area contributed by atoms with Crippen molar-refractivity contribution in [2.75, 3.05) is 11.5 Å². The van der Waals surface area contributed by atoms with Crippen LogP contribution in [0.3, 0.4) is 0 Å². The molecule has 1 N–H and O–H groups in total. The normalized spacial score (nSPS) is 19.2. The van der Waals surface area contributed by atoms with Gasteiger partial charge in [0.2, 0.25) is 0 Å². The molecule has 1 atom stereocenters. The first kappa shape index (κ1) is 21.9. The minimum Gasteiger partial charge on any atom is -0.348 e. The Morgan fingerprint density at radius 1 is 1.06 bits per heavy atom. The van der Waals surface area contributed by atoms with Gasteiger partial charge >= 0.3 is 0 Å². The van der Waals surface area contributed by atoms with Crippen molar-refractivity contribution in [3.05, 3.63) is 77.7 Å². The van der Waals surface area contributed by atoms with Crippen LogP contribution in [0, 0.1) is 5.82 Å². The molecular weight excluding hydrogens is 467 g/mol. The molecule has 1 aliphatic carbocycles. The minimum absolute atomic E-state index is 0.0418. The van der Waals surface area contributed by atoms with Gasteiger partial charge in [0, 0.05) is 22.6 Å². The van der Waals surface area contributed by atoms with Crippen LogP contribution in [0.1, 0.15) is 41.1 Å². The van der Waals surface area contributed by atoms with Gasteiger partial charge < -0.3 is 5.32 Å². The van der Waals surface area contributed by atoms with Gasteiger partial charge in [-0.25, -0.2) is 22.5 Å². The molecule has 35 heavy (non-hydrogen) atoms. The van der Waals surface area contributed by atoms with E-state index in [1.807, 2.05) is 18.2 Å². The van der Waals surface area contributed by atoms with Crippen molar-refractivity contribution in [1.29, 1.82) is 0 Å². The molecule has 7 nitrogen and oxygen atoms in total. The highest BCUT2D eigenvalue weighted by Gasteiger charge is 2.29. The van der Waals surface area contributed by atoms with Crippen molar-refractivity contribution in [2.24, 2.45) is 0 Å². The number of aromatic nitrogens is 3. The lowest BCUT2D eigenvalue weighted by atomic mass is 10.0. The van der Waals surface area contributed by atoms with E-state index < -0.39 is 21.7 Å². The lowest BCUT2D eigenvalue weighted by molar-refractivity contribution is 0.0941. The average molecular weight is 491 g/mol. The van der Waals surface area contributed by atoms with Gasteiger partial charge in [0.1, 0.15) is 11.5 Å². The summed E-state index contributed by atoms with van der Waals surface area (Å²) in [5.74, 6) is 0.279. The largest absolute Gasteiger partial charge is 0.348 e. The van der Waals surface area contributed by atoms with Crippen LogP contribution in [-0.2, 0) is 9.84 Å². The van der Waals surface area contributed by atoms with E-state index in [0.717, 1.165) is 22.8 Å². The third-order valence-electron chi connectivity index (χ3n) is 6.65. The van der Waals surface area contributed by atoms with Crippen molar-refractivity contribution < 1.29 is 17.6 Å². The molecule has 1 aliphatic heterocycles. The minimum atomic E-state index is -3.10. The van der Waals surface area contributed by atoms with Crippen molar-refractivity contribution in [2.45, 2.75) is 31.2 Å². The summed E-state index contributed by atoms with van der Waals surface area (Å²) in [4.78, 5) is 17.1. The molecule has 6 rings (SSSR count). The Morgan fingerprint density at radius 3 is 2.63 bits per heavy atom. The van der Waals surface area contributed by atoms with Crippen molar-refractivity contribution >= 4 is 26.6 Å². The highest BCUT2D eigenvalue weighted by atomic mass is 32.2. The first-order valence-electron chi connectivity index (χ1n) is 11.6.